The highest BCUT2D eigenvalue weighted by Crippen LogP contribution is 2.41. The number of nitriles is 1. The van der Waals surface area contributed by atoms with Crippen molar-refractivity contribution in [1.82, 2.24) is 0 Å². The van der Waals surface area contributed by atoms with Gasteiger partial charge in [0.2, 0.25) is 0 Å². The number of thioether (sulfide) groups is 1. The lowest BCUT2D eigenvalue weighted by Gasteiger charge is -2.03. The molecular weight excluding hydrogens is 342 g/mol. The van der Waals surface area contributed by atoms with Crippen LogP contribution in [0.5, 0.6) is 0 Å². The zero-order valence-electron chi connectivity index (χ0n) is 10.4. The summed E-state index contributed by atoms with van der Waals surface area (Å²) in [6.07, 6.45) is 1.92. The molecule has 0 bridgehead atoms. The van der Waals surface area contributed by atoms with Crippen LogP contribution in [-0.2, 0) is 0 Å². The second-order valence-electron chi connectivity index (χ2n) is 3.85. The van der Waals surface area contributed by atoms with Crippen molar-refractivity contribution in [3.63, 3.8) is 0 Å². The Morgan fingerprint density at radius 1 is 1.37 bits per heavy atom. The maximum absolute atomic E-state index is 11.8. The van der Waals surface area contributed by atoms with Crippen LogP contribution in [0.4, 0.5) is 0 Å². The zero-order valence-corrected chi connectivity index (χ0v) is 13.6. The first-order valence-electron chi connectivity index (χ1n) is 5.46. The van der Waals surface area contributed by atoms with E-state index in [9.17, 15) is 10.1 Å². The van der Waals surface area contributed by atoms with E-state index in [-0.39, 0.29) is 5.78 Å². The van der Waals surface area contributed by atoms with Crippen molar-refractivity contribution < 1.29 is 4.79 Å². The summed E-state index contributed by atoms with van der Waals surface area (Å²) in [5.41, 5.74) is 2.27. The molecule has 0 unspecified atom stereocenters. The largest absolute Gasteiger partial charge is 0.294 e. The topological polar surface area (TPSA) is 40.9 Å². The molecule has 0 saturated carbocycles. The smallest absolute Gasteiger partial charge is 0.170 e. The molecule has 0 aliphatic rings. The van der Waals surface area contributed by atoms with Crippen LogP contribution in [0.25, 0.3) is 11.1 Å². The van der Waals surface area contributed by atoms with Crippen molar-refractivity contribution in [2.24, 2.45) is 0 Å². The average Bonchev–Trinajstić information content (AvgIpc) is 2.78. The van der Waals surface area contributed by atoms with Gasteiger partial charge in [0.25, 0.3) is 0 Å². The summed E-state index contributed by atoms with van der Waals surface area (Å²) >= 11 is 6.29. The summed E-state index contributed by atoms with van der Waals surface area (Å²) in [4.78, 5) is 12.4. The van der Waals surface area contributed by atoms with E-state index in [1.165, 1.54) is 23.1 Å². The fourth-order valence-corrected chi connectivity index (χ4v) is 3.90. The minimum Gasteiger partial charge on any atom is -0.294 e. The summed E-state index contributed by atoms with van der Waals surface area (Å²) in [6.45, 7) is 1.54. The summed E-state index contributed by atoms with van der Waals surface area (Å²) in [6, 6.07) is 9.90. The van der Waals surface area contributed by atoms with Crippen LogP contribution in [0.3, 0.4) is 0 Å². The van der Waals surface area contributed by atoms with Crippen molar-refractivity contribution in [3.8, 4) is 17.2 Å². The number of nitrogens with zero attached hydrogens (tertiary/aromatic N) is 1. The predicted molar refractivity (Wildman–Crippen MR) is 84.0 cm³/mol. The second-order valence-corrected chi connectivity index (χ2v) is 6.86. The van der Waals surface area contributed by atoms with Crippen molar-refractivity contribution in [2.45, 2.75) is 11.1 Å². The third kappa shape index (κ3) is 2.76. The molecule has 0 amide bonds. The third-order valence-electron chi connectivity index (χ3n) is 2.63. The number of benzene rings is 1. The van der Waals surface area contributed by atoms with Crippen LogP contribution >= 0.6 is 39.0 Å². The van der Waals surface area contributed by atoms with Crippen molar-refractivity contribution >= 4 is 44.8 Å². The van der Waals surface area contributed by atoms with Gasteiger partial charge in [-0.05, 0) is 30.9 Å². The van der Waals surface area contributed by atoms with E-state index in [1.54, 1.807) is 6.92 Å². The van der Waals surface area contributed by atoms with E-state index >= 15 is 0 Å². The van der Waals surface area contributed by atoms with Crippen molar-refractivity contribution in [1.29, 1.82) is 5.26 Å². The Kier molecular flexibility index (Phi) is 4.46. The lowest BCUT2D eigenvalue weighted by Crippen LogP contribution is -1.92. The summed E-state index contributed by atoms with van der Waals surface area (Å²) in [5, 5.41) is 9.36. The maximum atomic E-state index is 11.8. The average molecular weight is 352 g/mol. The molecule has 19 heavy (non-hydrogen) atoms. The van der Waals surface area contributed by atoms with Crippen LogP contribution in [-0.4, -0.2) is 12.0 Å². The monoisotopic (exact) mass is 351 g/mol. The van der Waals surface area contributed by atoms with Gasteiger partial charge in [-0.15, -0.1) is 23.1 Å². The quantitative estimate of drug-likeness (QED) is 0.578. The third-order valence-corrected chi connectivity index (χ3v) is 5.56. The fourth-order valence-electron chi connectivity index (χ4n) is 1.80. The number of halogens is 1. The van der Waals surface area contributed by atoms with E-state index < -0.39 is 0 Å². The molecule has 0 fully saturated rings. The van der Waals surface area contributed by atoms with Crippen LogP contribution in [0, 0.1) is 11.3 Å². The van der Waals surface area contributed by atoms with Crippen LogP contribution < -0.4 is 0 Å². The Bertz CT molecular complexity index is 668. The molecule has 0 radical (unpaired) electrons. The summed E-state index contributed by atoms with van der Waals surface area (Å²) < 4.78 is 1.87. The molecule has 2 nitrogen and oxygen atoms in total. The summed E-state index contributed by atoms with van der Waals surface area (Å²) in [5.74, 6) is -0.000260. The molecule has 1 aromatic heterocycles. The van der Waals surface area contributed by atoms with E-state index in [0.717, 1.165) is 19.8 Å². The number of carbonyl (C=O) groups is 1. The minimum absolute atomic E-state index is 0.000260. The summed E-state index contributed by atoms with van der Waals surface area (Å²) in [7, 11) is 0. The first-order valence-corrected chi connectivity index (χ1v) is 8.29. The SMILES string of the molecule is CSc1sc(C(C)=O)c(-c2ccc(Br)cc2)c1C#N. The molecule has 2 rings (SSSR count). The van der Waals surface area contributed by atoms with E-state index in [2.05, 4.69) is 22.0 Å². The highest BCUT2D eigenvalue weighted by molar-refractivity contribution is 9.10. The first-order chi connectivity index (χ1) is 9.08. The zero-order chi connectivity index (χ0) is 14.0. The standard InChI is InChI=1S/C14H10BrNOS2/c1-8(17)13-12(9-3-5-10(15)6-4-9)11(7-16)14(18-2)19-13/h3-6H,1-2H3. The lowest BCUT2D eigenvalue weighted by molar-refractivity contribution is 0.102. The van der Waals surface area contributed by atoms with E-state index in [4.69, 9.17) is 0 Å². The van der Waals surface area contributed by atoms with Crippen LogP contribution in [0.1, 0.15) is 22.2 Å². The molecule has 0 aliphatic heterocycles. The molecule has 96 valence electrons. The van der Waals surface area contributed by atoms with Gasteiger partial charge in [-0.1, -0.05) is 28.1 Å². The van der Waals surface area contributed by atoms with Gasteiger partial charge in [-0.25, -0.2) is 0 Å². The number of thiophene rings is 1. The molecule has 2 aromatic rings. The number of carbonyl (C=O) groups excluding carboxylic acids is 1. The Morgan fingerprint density at radius 3 is 2.47 bits per heavy atom. The minimum atomic E-state index is -0.000260. The molecule has 0 N–H and O–H groups in total. The Morgan fingerprint density at radius 2 is 2.00 bits per heavy atom. The Hall–Kier alpha value is -1.09. The van der Waals surface area contributed by atoms with Gasteiger partial charge < -0.3 is 0 Å². The molecule has 1 heterocycles. The van der Waals surface area contributed by atoms with Crippen molar-refractivity contribution in [2.75, 3.05) is 6.26 Å². The van der Waals surface area contributed by atoms with Gasteiger partial charge in [0, 0.05) is 10.0 Å². The molecule has 0 saturated heterocycles. The molecule has 0 spiro atoms. The second kappa shape index (κ2) is 5.91. The number of hydrogen-bond acceptors (Lipinski definition) is 4. The number of ketones is 1. The van der Waals surface area contributed by atoms with E-state index in [0.29, 0.717) is 10.4 Å². The first kappa shape index (κ1) is 14.3. The van der Waals surface area contributed by atoms with Crippen molar-refractivity contribution in [3.05, 3.63) is 39.2 Å². The van der Waals surface area contributed by atoms with Gasteiger partial charge >= 0.3 is 0 Å². The van der Waals surface area contributed by atoms with E-state index in [1.807, 2.05) is 30.5 Å². The molecule has 0 atom stereocenters. The fraction of sp³-hybridized carbons (Fsp3) is 0.143. The van der Waals surface area contributed by atoms with Gasteiger partial charge in [0.15, 0.2) is 5.78 Å². The molecule has 1 aromatic carbocycles. The molecule has 5 heteroatoms. The van der Waals surface area contributed by atoms with Crippen LogP contribution in [0.15, 0.2) is 32.9 Å². The number of rotatable bonds is 3. The van der Waals surface area contributed by atoms with Crippen LogP contribution in [0.2, 0.25) is 0 Å². The highest BCUT2D eigenvalue weighted by atomic mass is 79.9. The van der Waals surface area contributed by atoms with Gasteiger partial charge in [0.1, 0.15) is 6.07 Å². The van der Waals surface area contributed by atoms with Gasteiger partial charge in [-0.2, -0.15) is 5.26 Å². The Balaban J connectivity index is 2.73. The highest BCUT2D eigenvalue weighted by Gasteiger charge is 2.21. The number of Topliss-reactive ketones (excluding diaryl/α,β-unsaturated/α-hetero) is 1. The Labute approximate surface area is 128 Å². The molecule has 0 aliphatic carbocycles. The maximum Gasteiger partial charge on any atom is 0.170 e. The lowest BCUT2D eigenvalue weighted by atomic mass is 10.0. The van der Waals surface area contributed by atoms with Gasteiger partial charge in [0.05, 0.1) is 14.6 Å². The number of hydrogen-bond donors (Lipinski definition) is 0. The molecular formula is C14H10BrNOS2. The normalized spacial score (nSPS) is 10.2. The van der Waals surface area contributed by atoms with Gasteiger partial charge in [-0.3, -0.25) is 4.79 Å². The predicted octanol–water partition coefficient (Wildman–Crippen LogP) is 4.97.